The number of carbonyl (C=O) groups is 1. The van der Waals surface area contributed by atoms with E-state index in [9.17, 15) is 4.79 Å². The molecule has 0 bridgehead atoms. The van der Waals surface area contributed by atoms with E-state index in [0.29, 0.717) is 5.41 Å². The molecule has 2 rings (SSSR count). The Morgan fingerprint density at radius 3 is 2.39 bits per heavy atom. The monoisotopic (exact) mass is 253 g/mol. The summed E-state index contributed by atoms with van der Waals surface area (Å²) in [5.74, 6) is 1.52. The van der Waals surface area contributed by atoms with Crippen molar-refractivity contribution in [1.82, 2.24) is 4.90 Å². The molecule has 1 aliphatic carbocycles. The second-order valence-corrected chi connectivity index (χ2v) is 7.40. The van der Waals surface area contributed by atoms with Crippen LogP contribution in [0.2, 0.25) is 0 Å². The summed E-state index contributed by atoms with van der Waals surface area (Å²) in [5, 5.41) is 0. The predicted molar refractivity (Wildman–Crippen MR) is 72.4 cm³/mol. The number of hydrogen-bond acceptors (Lipinski definition) is 2. The highest BCUT2D eigenvalue weighted by Crippen LogP contribution is 2.57. The van der Waals surface area contributed by atoms with Crippen LogP contribution in [0.4, 0.5) is 4.79 Å². The average Bonchev–Trinajstić information content (AvgIpc) is 2.95. The number of hydrogen-bond donors (Lipinski definition) is 0. The van der Waals surface area contributed by atoms with Crippen LogP contribution in [-0.4, -0.2) is 29.7 Å². The van der Waals surface area contributed by atoms with E-state index in [-0.39, 0.29) is 11.7 Å². The molecule has 1 heterocycles. The summed E-state index contributed by atoms with van der Waals surface area (Å²) < 4.78 is 5.48. The maximum Gasteiger partial charge on any atom is 0.410 e. The first-order valence-electron chi connectivity index (χ1n) is 7.21. The topological polar surface area (TPSA) is 29.5 Å². The molecule has 1 amide bonds. The van der Waals surface area contributed by atoms with Crippen LogP contribution in [0.3, 0.4) is 0 Å². The Kier molecular flexibility index (Phi) is 3.37. The van der Waals surface area contributed by atoms with Crippen LogP contribution in [0.5, 0.6) is 0 Å². The van der Waals surface area contributed by atoms with Gasteiger partial charge in [-0.2, -0.15) is 0 Å². The van der Waals surface area contributed by atoms with Crippen LogP contribution in [0.15, 0.2) is 0 Å². The van der Waals surface area contributed by atoms with Gasteiger partial charge in [-0.3, -0.25) is 0 Å². The standard InChI is InChI=1S/C15H27NO2/c1-11(2)12-6-9-16(10-15(12)7-8-15)13(17)18-14(3,4)5/h11-12H,6-10H2,1-5H3. The van der Waals surface area contributed by atoms with Gasteiger partial charge in [-0.25, -0.2) is 4.79 Å². The molecule has 0 N–H and O–H groups in total. The molecule has 3 nitrogen and oxygen atoms in total. The molecule has 0 radical (unpaired) electrons. The predicted octanol–water partition coefficient (Wildman–Crippen LogP) is 3.68. The van der Waals surface area contributed by atoms with Crippen molar-refractivity contribution >= 4 is 6.09 Å². The number of ether oxygens (including phenoxy) is 1. The summed E-state index contributed by atoms with van der Waals surface area (Å²) in [6.45, 7) is 12.2. The van der Waals surface area contributed by atoms with Crippen molar-refractivity contribution in [3.05, 3.63) is 0 Å². The molecular weight excluding hydrogens is 226 g/mol. The molecule has 1 aliphatic heterocycles. The van der Waals surface area contributed by atoms with Crippen molar-refractivity contribution in [1.29, 1.82) is 0 Å². The molecule has 2 aliphatic rings. The van der Waals surface area contributed by atoms with Crippen LogP contribution in [0.25, 0.3) is 0 Å². The largest absolute Gasteiger partial charge is 0.444 e. The lowest BCUT2D eigenvalue weighted by Crippen LogP contribution is -2.47. The van der Waals surface area contributed by atoms with Gasteiger partial charge < -0.3 is 9.64 Å². The lowest BCUT2D eigenvalue weighted by atomic mass is 9.75. The van der Waals surface area contributed by atoms with E-state index in [0.717, 1.165) is 31.3 Å². The molecule has 1 saturated heterocycles. The molecule has 104 valence electrons. The van der Waals surface area contributed by atoms with Crippen molar-refractivity contribution in [3.63, 3.8) is 0 Å². The zero-order valence-corrected chi connectivity index (χ0v) is 12.5. The quantitative estimate of drug-likeness (QED) is 0.713. The highest BCUT2D eigenvalue weighted by Gasteiger charge is 2.54. The van der Waals surface area contributed by atoms with Gasteiger partial charge in [0.2, 0.25) is 0 Å². The van der Waals surface area contributed by atoms with Gasteiger partial charge >= 0.3 is 6.09 Å². The molecule has 3 heteroatoms. The third kappa shape index (κ3) is 2.81. The summed E-state index contributed by atoms with van der Waals surface area (Å²) in [6, 6.07) is 0. The molecule has 2 fully saturated rings. The van der Waals surface area contributed by atoms with E-state index in [1.807, 2.05) is 25.7 Å². The van der Waals surface area contributed by atoms with Crippen LogP contribution < -0.4 is 0 Å². The number of rotatable bonds is 1. The van der Waals surface area contributed by atoms with Gasteiger partial charge in [-0.05, 0) is 57.3 Å². The van der Waals surface area contributed by atoms with E-state index in [2.05, 4.69) is 13.8 Å². The first-order chi connectivity index (χ1) is 8.23. The zero-order valence-electron chi connectivity index (χ0n) is 12.5. The minimum Gasteiger partial charge on any atom is -0.444 e. The second kappa shape index (κ2) is 4.43. The number of piperidine rings is 1. The van der Waals surface area contributed by atoms with Crippen LogP contribution in [0.1, 0.15) is 53.9 Å². The molecule has 0 aromatic heterocycles. The molecule has 18 heavy (non-hydrogen) atoms. The maximum atomic E-state index is 12.1. The molecular formula is C15H27NO2. The van der Waals surface area contributed by atoms with Gasteiger partial charge in [-0.1, -0.05) is 13.8 Å². The highest BCUT2D eigenvalue weighted by molar-refractivity contribution is 5.68. The average molecular weight is 253 g/mol. The Bertz CT molecular complexity index is 326. The smallest absolute Gasteiger partial charge is 0.410 e. The van der Waals surface area contributed by atoms with Crippen molar-refractivity contribution < 1.29 is 9.53 Å². The highest BCUT2D eigenvalue weighted by atomic mass is 16.6. The molecule has 1 unspecified atom stereocenters. The van der Waals surface area contributed by atoms with Crippen molar-refractivity contribution in [3.8, 4) is 0 Å². The van der Waals surface area contributed by atoms with Crippen molar-refractivity contribution in [2.45, 2.75) is 59.5 Å². The molecule has 0 aromatic rings. The fraction of sp³-hybridized carbons (Fsp3) is 0.933. The normalized spacial score (nSPS) is 26.6. The van der Waals surface area contributed by atoms with E-state index in [1.54, 1.807) is 0 Å². The third-order valence-electron chi connectivity index (χ3n) is 4.35. The summed E-state index contributed by atoms with van der Waals surface area (Å²) in [5.41, 5.74) is 0.0337. The van der Waals surface area contributed by atoms with Gasteiger partial charge in [0.1, 0.15) is 5.60 Å². The molecule has 1 spiro atoms. The Morgan fingerprint density at radius 1 is 1.33 bits per heavy atom. The minimum absolute atomic E-state index is 0.129. The van der Waals surface area contributed by atoms with Gasteiger partial charge in [0, 0.05) is 13.1 Å². The molecule has 1 atom stereocenters. The first kappa shape index (κ1) is 13.7. The SMILES string of the molecule is CC(C)C1CCN(C(=O)OC(C)(C)C)CC12CC2. The van der Waals surface area contributed by atoms with Crippen LogP contribution >= 0.6 is 0 Å². The Morgan fingerprint density at radius 2 is 1.94 bits per heavy atom. The van der Waals surface area contributed by atoms with Crippen molar-refractivity contribution in [2.75, 3.05) is 13.1 Å². The Labute approximate surface area is 111 Å². The summed E-state index contributed by atoms with van der Waals surface area (Å²) >= 11 is 0. The van der Waals surface area contributed by atoms with E-state index in [1.165, 1.54) is 12.8 Å². The number of amides is 1. The third-order valence-corrected chi connectivity index (χ3v) is 4.35. The fourth-order valence-electron chi connectivity index (χ4n) is 3.39. The lowest BCUT2D eigenvalue weighted by molar-refractivity contribution is 0.00216. The number of nitrogens with zero attached hydrogens (tertiary/aromatic N) is 1. The molecule has 0 aromatic carbocycles. The summed E-state index contributed by atoms with van der Waals surface area (Å²) in [6.07, 6.45) is 3.58. The van der Waals surface area contributed by atoms with Gasteiger partial charge in [0.05, 0.1) is 0 Å². The summed E-state index contributed by atoms with van der Waals surface area (Å²) in [7, 11) is 0. The lowest BCUT2D eigenvalue weighted by Gasteiger charge is -2.41. The number of likely N-dealkylation sites (tertiary alicyclic amines) is 1. The van der Waals surface area contributed by atoms with Crippen LogP contribution in [-0.2, 0) is 4.74 Å². The van der Waals surface area contributed by atoms with Gasteiger partial charge in [-0.15, -0.1) is 0 Å². The van der Waals surface area contributed by atoms with E-state index in [4.69, 9.17) is 4.74 Å². The van der Waals surface area contributed by atoms with E-state index >= 15 is 0 Å². The maximum absolute atomic E-state index is 12.1. The van der Waals surface area contributed by atoms with Gasteiger partial charge in [0.25, 0.3) is 0 Å². The van der Waals surface area contributed by atoms with Crippen molar-refractivity contribution in [2.24, 2.45) is 17.3 Å². The second-order valence-electron chi connectivity index (χ2n) is 7.40. The fourth-order valence-corrected chi connectivity index (χ4v) is 3.39. The van der Waals surface area contributed by atoms with Crippen LogP contribution in [0, 0.1) is 17.3 Å². The zero-order chi connectivity index (χ0) is 13.6. The minimum atomic E-state index is -0.386. The summed E-state index contributed by atoms with van der Waals surface area (Å²) in [4.78, 5) is 14.0. The number of carbonyl (C=O) groups excluding carboxylic acids is 1. The van der Waals surface area contributed by atoms with Gasteiger partial charge in [0.15, 0.2) is 0 Å². The van der Waals surface area contributed by atoms with E-state index < -0.39 is 0 Å². The molecule has 1 saturated carbocycles. The Hall–Kier alpha value is -0.730. The Balaban J connectivity index is 1.97. The first-order valence-corrected chi connectivity index (χ1v) is 7.21.